The van der Waals surface area contributed by atoms with Crippen molar-refractivity contribution in [2.45, 2.75) is 40.0 Å². The zero-order valence-electron chi connectivity index (χ0n) is 9.69. The third-order valence-corrected chi connectivity index (χ3v) is 2.19. The molecule has 0 spiro atoms. The van der Waals surface area contributed by atoms with Crippen molar-refractivity contribution in [2.24, 2.45) is 0 Å². The minimum atomic E-state index is 0.136. The van der Waals surface area contributed by atoms with Crippen molar-refractivity contribution in [2.75, 3.05) is 5.73 Å². The predicted molar refractivity (Wildman–Crippen MR) is 65.9 cm³/mol. The fraction of sp³-hybridized carbons (Fsp3) is 0.500. The predicted octanol–water partition coefficient (Wildman–Crippen LogP) is 4.25. The van der Waals surface area contributed by atoms with Gasteiger partial charge < -0.3 is 5.73 Å². The van der Waals surface area contributed by atoms with Crippen molar-refractivity contribution in [1.29, 1.82) is 0 Å². The highest BCUT2D eigenvalue weighted by molar-refractivity contribution is 6.33. The monoisotopic (exact) mass is 213 g/mol. The van der Waals surface area contributed by atoms with Gasteiger partial charge in [0, 0.05) is 0 Å². The minimum absolute atomic E-state index is 0.136. The molecule has 0 radical (unpaired) electrons. The Morgan fingerprint density at radius 1 is 1.14 bits per heavy atom. The van der Waals surface area contributed by atoms with Gasteiger partial charge in [0.15, 0.2) is 0 Å². The van der Waals surface area contributed by atoms with Crippen LogP contribution in [0.25, 0.3) is 0 Å². The Morgan fingerprint density at radius 3 is 2.00 bits per heavy atom. The Balaban J connectivity index is 0.000000791. The molecule has 1 aromatic carbocycles. The second-order valence-electron chi connectivity index (χ2n) is 3.99. The maximum atomic E-state index is 5.89. The molecule has 0 aliphatic heterocycles. The number of anilines is 1. The second-order valence-corrected chi connectivity index (χ2v) is 4.39. The van der Waals surface area contributed by atoms with Gasteiger partial charge in [-0.25, -0.2) is 0 Å². The number of nitrogen functional groups attached to an aromatic ring is 1. The minimum Gasteiger partial charge on any atom is -0.398 e. The lowest BCUT2D eigenvalue weighted by Crippen LogP contribution is -2.10. The quantitative estimate of drug-likeness (QED) is 0.641. The summed E-state index contributed by atoms with van der Waals surface area (Å²) < 4.78 is 0. The normalized spacial score (nSPS) is 10.4. The number of rotatable bonds is 0. The molecule has 0 atom stereocenters. The summed E-state index contributed by atoms with van der Waals surface area (Å²) in [5, 5.41) is 0.641. The maximum Gasteiger partial charge on any atom is 0.0638 e. The molecule has 80 valence electrons. The van der Waals surface area contributed by atoms with E-state index in [-0.39, 0.29) is 5.41 Å². The van der Waals surface area contributed by atoms with Gasteiger partial charge in [-0.05, 0) is 23.1 Å². The molecule has 0 saturated carbocycles. The molecule has 14 heavy (non-hydrogen) atoms. The number of hydrogen-bond acceptors (Lipinski definition) is 1. The van der Waals surface area contributed by atoms with Crippen LogP contribution >= 0.6 is 11.6 Å². The van der Waals surface area contributed by atoms with Crippen LogP contribution in [-0.4, -0.2) is 0 Å². The molecular weight excluding hydrogens is 194 g/mol. The van der Waals surface area contributed by atoms with Crippen LogP contribution in [0.4, 0.5) is 5.69 Å². The van der Waals surface area contributed by atoms with Crippen molar-refractivity contribution in [3.8, 4) is 0 Å². The van der Waals surface area contributed by atoms with Crippen LogP contribution in [0.3, 0.4) is 0 Å². The maximum absolute atomic E-state index is 5.89. The molecule has 1 aromatic rings. The van der Waals surface area contributed by atoms with Gasteiger partial charge in [0.05, 0.1) is 10.7 Å². The summed E-state index contributed by atoms with van der Waals surface area (Å²) in [4.78, 5) is 0. The van der Waals surface area contributed by atoms with Gasteiger partial charge in [0.2, 0.25) is 0 Å². The van der Waals surface area contributed by atoms with E-state index in [0.29, 0.717) is 10.7 Å². The first-order valence-electron chi connectivity index (χ1n) is 4.97. The molecule has 0 bridgehead atoms. The third kappa shape index (κ3) is 3.59. The topological polar surface area (TPSA) is 26.0 Å². The lowest BCUT2D eigenvalue weighted by atomic mass is 9.87. The molecule has 0 saturated heterocycles. The van der Waals surface area contributed by atoms with E-state index in [1.54, 1.807) is 0 Å². The fourth-order valence-corrected chi connectivity index (χ4v) is 1.17. The number of hydrogen-bond donors (Lipinski definition) is 1. The number of benzene rings is 1. The molecule has 0 aromatic heterocycles. The van der Waals surface area contributed by atoms with Gasteiger partial charge >= 0.3 is 0 Å². The molecule has 0 amide bonds. The third-order valence-electron chi connectivity index (χ3n) is 1.87. The van der Waals surface area contributed by atoms with Crippen molar-refractivity contribution in [3.05, 3.63) is 28.8 Å². The van der Waals surface area contributed by atoms with Gasteiger partial charge in [-0.2, -0.15) is 0 Å². The van der Waals surface area contributed by atoms with E-state index in [2.05, 4.69) is 20.8 Å². The Hall–Kier alpha value is -0.690. The summed E-state index contributed by atoms with van der Waals surface area (Å²) >= 11 is 5.89. The zero-order valence-corrected chi connectivity index (χ0v) is 10.4. The van der Waals surface area contributed by atoms with Crippen LogP contribution in [0.15, 0.2) is 18.2 Å². The molecule has 1 rings (SSSR count). The van der Waals surface area contributed by atoms with E-state index in [1.807, 2.05) is 32.0 Å². The van der Waals surface area contributed by atoms with E-state index in [1.165, 1.54) is 5.56 Å². The summed E-state index contributed by atoms with van der Waals surface area (Å²) in [6, 6.07) is 5.79. The molecule has 0 heterocycles. The van der Waals surface area contributed by atoms with Gasteiger partial charge in [-0.15, -0.1) is 0 Å². The molecule has 0 aliphatic rings. The molecule has 0 unspecified atom stereocenters. The van der Waals surface area contributed by atoms with Gasteiger partial charge in [-0.3, -0.25) is 0 Å². The van der Waals surface area contributed by atoms with E-state index in [9.17, 15) is 0 Å². The summed E-state index contributed by atoms with van der Waals surface area (Å²) in [5.74, 6) is 0. The fourth-order valence-electron chi connectivity index (χ4n) is 0.994. The van der Waals surface area contributed by atoms with Crippen molar-refractivity contribution < 1.29 is 0 Å². The Labute approximate surface area is 92.3 Å². The van der Waals surface area contributed by atoms with Gasteiger partial charge in [0.25, 0.3) is 0 Å². The van der Waals surface area contributed by atoms with Crippen molar-refractivity contribution >= 4 is 17.3 Å². The molecular formula is C12H20ClN. The van der Waals surface area contributed by atoms with Crippen molar-refractivity contribution in [3.63, 3.8) is 0 Å². The Bertz CT molecular complexity index is 287. The highest BCUT2D eigenvalue weighted by atomic mass is 35.5. The SMILES string of the molecule is CC.CC(C)(C)c1ccc(N)c(Cl)c1. The van der Waals surface area contributed by atoms with Crippen molar-refractivity contribution in [1.82, 2.24) is 0 Å². The second kappa shape index (κ2) is 5.26. The Morgan fingerprint density at radius 2 is 1.64 bits per heavy atom. The summed E-state index contributed by atoms with van der Waals surface area (Å²) in [7, 11) is 0. The molecule has 2 N–H and O–H groups in total. The molecule has 2 heteroatoms. The highest BCUT2D eigenvalue weighted by Gasteiger charge is 2.13. The average molecular weight is 214 g/mol. The summed E-state index contributed by atoms with van der Waals surface area (Å²) in [6.07, 6.45) is 0. The van der Waals surface area contributed by atoms with Crippen LogP contribution in [0.2, 0.25) is 5.02 Å². The molecule has 0 fully saturated rings. The first kappa shape index (κ1) is 13.3. The largest absolute Gasteiger partial charge is 0.398 e. The lowest BCUT2D eigenvalue weighted by molar-refractivity contribution is 0.590. The average Bonchev–Trinajstić information content (AvgIpc) is 2.11. The highest BCUT2D eigenvalue weighted by Crippen LogP contribution is 2.27. The van der Waals surface area contributed by atoms with Crippen LogP contribution in [0, 0.1) is 0 Å². The van der Waals surface area contributed by atoms with E-state index in [4.69, 9.17) is 17.3 Å². The zero-order chi connectivity index (χ0) is 11.4. The first-order valence-corrected chi connectivity index (χ1v) is 5.34. The van der Waals surface area contributed by atoms with E-state index >= 15 is 0 Å². The molecule has 0 aliphatic carbocycles. The van der Waals surface area contributed by atoms with Gasteiger partial charge in [0.1, 0.15) is 0 Å². The summed E-state index contributed by atoms with van der Waals surface area (Å²) in [5.41, 5.74) is 7.59. The van der Waals surface area contributed by atoms with Gasteiger partial charge in [-0.1, -0.05) is 52.3 Å². The smallest absolute Gasteiger partial charge is 0.0638 e. The van der Waals surface area contributed by atoms with E-state index in [0.717, 1.165) is 0 Å². The lowest BCUT2D eigenvalue weighted by Gasteiger charge is -2.19. The summed E-state index contributed by atoms with van der Waals surface area (Å²) in [6.45, 7) is 10.4. The number of nitrogens with two attached hydrogens (primary N) is 1. The van der Waals surface area contributed by atoms with Crippen LogP contribution in [0.5, 0.6) is 0 Å². The molecule has 1 nitrogen and oxygen atoms in total. The Kier molecular flexibility index (Phi) is 5.00. The van der Waals surface area contributed by atoms with Crippen LogP contribution in [0.1, 0.15) is 40.2 Å². The number of halogens is 1. The first-order chi connectivity index (χ1) is 6.41. The van der Waals surface area contributed by atoms with E-state index < -0.39 is 0 Å². The standard InChI is InChI=1S/C10H14ClN.C2H6/c1-10(2,3)7-4-5-9(12)8(11)6-7;1-2/h4-6H,12H2,1-3H3;1-2H3. The van der Waals surface area contributed by atoms with Crippen LogP contribution < -0.4 is 5.73 Å². The van der Waals surface area contributed by atoms with Crippen LogP contribution in [-0.2, 0) is 5.41 Å².